The number of ketones is 1. The Morgan fingerprint density at radius 2 is 2.00 bits per heavy atom. The lowest BCUT2D eigenvalue weighted by molar-refractivity contribution is -0.114. The predicted molar refractivity (Wildman–Crippen MR) is 102 cm³/mol. The van der Waals surface area contributed by atoms with Gasteiger partial charge in [0, 0.05) is 24.5 Å². The van der Waals surface area contributed by atoms with Gasteiger partial charge in [-0.25, -0.2) is 4.79 Å². The van der Waals surface area contributed by atoms with Crippen LogP contribution in [-0.2, 0) is 16.0 Å². The van der Waals surface area contributed by atoms with Crippen LogP contribution in [0.1, 0.15) is 29.3 Å². The summed E-state index contributed by atoms with van der Waals surface area (Å²) in [7, 11) is 1.35. The molecular weight excluding hydrogens is 395 g/mol. The van der Waals surface area contributed by atoms with Crippen LogP contribution in [0.3, 0.4) is 0 Å². The summed E-state index contributed by atoms with van der Waals surface area (Å²) in [4.78, 5) is 24.9. The molecule has 0 amide bonds. The quantitative estimate of drug-likeness (QED) is 0.541. The Labute approximate surface area is 167 Å². The zero-order chi connectivity index (χ0) is 20.1. The Hall–Kier alpha value is -2.02. The zero-order valence-electron chi connectivity index (χ0n) is 14.8. The van der Waals surface area contributed by atoms with E-state index in [0.29, 0.717) is 0 Å². The van der Waals surface area contributed by atoms with Crippen LogP contribution in [0.5, 0.6) is 11.5 Å². The molecule has 0 aliphatic carbocycles. The summed E-state index contributed by atoms with van der Waals surface area (Å²) in [5, 5.41) is 19.7. The number of hydrogen-bond donors (Lipinski definition) is 2. The second kappa shape index (κ2) is 9.26. The number of allylic oxidation sites excluding steroid dienone is 3. The van der Waals surface area contributed by atoms with Crippen LogP contribution < -0.4 is 4.74 Å². The van der Waals surface area contributed by atoms with E-state index < -0.39 is 29.3 Å². The van der Waals surface area contributed by atoms with Gasteiger partial charge < -0.3 is 19.7 Å². The number of halogens is 2. The van der Waals surface area contributed by atoms with Gasteiger partial charge >= 0.3 is 5.97 Å². The van der Waals surface area contributed by atoms with Gasteiger partial charge in [0.15, 0.2) is 5.78 Å². The molecule has 0 bridgehead atoms. The highest BCUT2D eigenvalue weighted by Gasteiger charge is 2.27. The van der Waals surface area contributed by atoms with Crippen LogP contribution in [0.2, 0.25) is 5.02 Å². The number of rotatable bonds is 1. The first-order chi connectivity index (χ1) is 12.7. The first-order valence-electron chi connectivity index (χ1n) is 8.23. The Bertz CT molecular complexity index is 787. The van der Waals surface area contributed by atoms with Gasteiger partial charge in [0.25, 0.3) is 0 Å². The van der Waals surface area contributed by atoms with E-state index in [-0.39, 0.29) is 40.5 Å². The fraction of sp³-hybridized carbons (Fsp3) is 0.368. The SMILES string of the molecule is COc1cc(O)c2c(c1Cl)CC(=O)/C=C/C=C\[C@H](Cl)[C@H](O)C[C@@H](C)OC2=O. The number of ether oxygens (including phenoxy) is 2. The van der Waals surface area contributed by atoms with Crippen LogP contribution >= 0.6 is 23.2 Å². The minimum atomic E-state index is -0.967. The van der Waals surface area contributed by atoms with Gasteiger partial charge in [0.1, 0.15) is 23.2 Å². The van der Waals surface area contributed by atoms with Crippen LogP contribution in [0, 0.1) is 0 Å². The highest BCUT2D eigenvalue weighted by atomic mass is 35.5. The lowest BCUT2D eigenvalue weighted by Crippen LogP contribution is -2.27. The lowest BCUT2D eigenvalue weighted by Gasteiger charge is -2.21. The maximum atomic E-state index is 12.6. The Morgan fingerprint density at radius 1 is 1.30 bits per heavy atom. The van der Waals surface area contributed by atoms with E-state index in [1.807, 2.05) is 0 Å². The number of carbonyl (C=O) groups is 2. The monoisotopic (exact) mass is 414 g/mol. The standard InChI is InChI=1S/C19H20Cl2O6/c1-10-7-14(23)13(20)6-4-3-5-11(22)8-12-17(19(25)27-10)15(24)9-16(26-2)18(12)21/h3-6,9-10,13-14,23-24H,7-8H2,1-2H3/b5-3+,6-4-/t10-,13+,14-/m1/s1. The molecule has 3 atom stereocenters. The van der Waals surface area contributed by atoms with Crippen LogP contribution in [0.15, 0.2) is 30.4 Å². The van der Waals surface area contributed by atoms with Crippen LogP contribution in [0.4, 0.5) is 0 Å². The van der Waals surface area contributed by atoms with Crippen LogP contribution in [-0.4, -0.2) is 46.7 Å². The number of aromatic hydroxyl groups is 1. The van der Waals surface area contributed by atoms with E-state index in [2.05, 4.69) is 0 Å². The molecule has 27 heavy (non-hydrogen) atoms. The van der Waals surface area contributed by atoms with E-state index in [9.17, 15) is 19.8 Å². The van der Waals surface area contributed by atoms with E-state index in [4.69, 9.17) is 32.7 Å². The number of methoxy groups -OCH3 is 1. The van der Waals surface area contributed by atoms with Gasteiger partial charge in [0.2, 0.25) is 0 Å². The molecule has 1 heterocycles. The van der Waals surface area contributed by atoms with Gasteiger partial charge in [-0.15, -0.1) is 11.6 Å². The van der Waals surface area contributed by atoms with Gasteiger partial charge in [-0.3, -0.25) is 4.79 Å². The van der Waals surface area contributed by atoms with E-state index in [1.165, 1.54) is 31.4 Å². The molecule has 1 aliphatic heterocycles. The number of esters is 1. The van der Waals surface area contributed by atoms with Gasteiger partial charge in [0.05, 0.1) is 23.6 Å². The molecule has 1 aromatic carbocycles. The van der Waals surface area contributed by atoms with Crippen molar-refractivity contribution in [3.63, 3.8) is 0 Å². The topological polar surface area (TPSA) is 93.1 Å². The zero-order valence-corrected chi connectivity index (χ0v) is 16.3. The van der Waals surface area contributed by atoms with Crippen molar-refractivity contribution < 1.29 is 29.3 Å². The van der Waals surface area contributed by atoms with E-state index in [0.717, 1.165) is 0 Å². The molecular formula is C19H20Cl2O6. The third-order valence-electron chi connectivity index (χ3n) is 4.02. The molecule has 2 N–H and O–H groups in total. The molecule has 0 spiro atoms. The molecule has 146 valence electrons. The number of hydrogen-bond acceptors (Lipinski definition) is 6. The number of fused-ring (bicyclic) bond motifs is 1. The number of benzene rings is 1. The number of aliphatic hydroxyl groups excluding tert-OH is 1. The molecule has 0 saturated heterocycles. The van der Waals surface area contributed by atoms with E-state index in [1.54, 1.807) is 13.0 Å². The molecule has 0 aromatic heterocycles. The largest absolute Gasteiger partial charge is 0.507 e. The molecule has 0 unspecified atom stereocenters. The molecule has 1 aliphatic rings. The summed E-state index contributed by atoms with van der Waals surface area (Å²) in [5.74, 6) is -1.50. The fourth-order valence-corrected chi connectivity index (χ4v) is 3.15. The number of aliphatic hydroxyl groups is 1. The van der Waals surface area contributed by atoms with Crippen molar-refractivity contribution in [2.75, 3.05) is 7.11 Å². The van der Waals surface area contributed by atoms with Crippen molar-refractivity contribution >= 4 is 35.0 Å². The molecule has 6 nitrogen and oxygen atoms in total. The highest BCUT2D eigenvalue weighted by molar-refractivity contribution is 6.33. The summed E-state index contributed by atoms with van der Waals surface area (Å²) in [6.07, 6.45) is 4.04. The van der Waals surface area contributed by atoms with Gasteiger partial charge in [-0.05, 0) is 13.0 Å². The molecule has 1 aromatic rings. The number of cyclic esters (lactones) is 1. The Kier molecular flexibility index (Phi) is 7.30. The number of phenols is 1. The summed E-state index contributed by atoms with van der Waals surface area (Å²) in [6, 6.07) is 1.18. The van der Waals surface area contributed by atoms with Crippen molar-refractivity contribution in [1.29, 1.82) is 0 Å². The van der Waals surface area contributed by atoms with Crippen molar-refractivity contribution in [2.24, 2.45) is 0 Å². The third kappa shape index (κ3) is 5.25. The molecule has 0 fully saturated rings. The minimum absolute atomic E-state index is 0.0418. The van der Waals surface area contributed by atoms with Gasteiger partial charge in [-0.1, -0.05) is 29.8 Å². The second-order valence-electron chi connectivity index (χ2n) is 6.12. The third-order valence-corrected chi connectivity index (χ3v) is 4.87. The first-order valence-corrected chi connectivity index (χ1v) is 9.05. The highest BCUT2D eigenvalue weighted by Crippen LogP contribution is 2.38. The lowest BCUT2D eigenvalue weighted by atomic mass is 9.99. The van der Waals surface area contributed by atoms with Crippen molar-refractivity contribution in [3.8, 4) is 11.5 Å². The minimum Gasteiger partial charge on any atom is -0.507 e. The van der Waals surface area contributed by atoms with Gasteiger partial charge in [-0.2, -0.15) is 0 Å². The molecule has 8 heteroatoms. The van der Waals surface area contributed by atoms with Crippen molar-refractivity contribution in [2.45, 2.75) is 37.4 Å². The van der Waals surface area contributed by atoms with Crippen molar-refractivity contribution in [3.05, 3.63) is 46.5 Å². The maximum Gasteiger partial charge on any atom is 0.342 e. The first kappa shape index (κ1) is 21.3. The molecule has 0 saturated carbocycles. The Balaban J connectivity index is 2.54. The smallest absolute Gasteiger partial charge is 0.342 e. The number of alkyl halides is 1. The van der Waals surface area contributed by atoms with Crippen molar-refractivity contribution in [1.82, 2.24) is 0 Å². The number of phenolic OH excluding ortho intramolecular Hbond substituents is 1. The number of carbonyl (C=O) groups excluding carboxylic acids is 2. The molecule has 0 radical (unpaired) electrons. The summed E-state index contributed by atoms with van der Waals surface area (Å²) in [5.41, 5.74) is -0.101. The maximum absolute atomic E-state index is 12.6. The average molecular weight is 415 g/mol. The average Bonchev–Trinajstić information content (AvgIpc) is 2.60. The fourth-order valence-electron chi connectivity index (χ4n) is 2.67. The van der Waals surface area contributed by atoms with E-state index >= 15 is 0 Å². The summed E-state index contributed by atoms with van der Waals surface area (Å²) >= 11 is 12.3. The predicted octanol–water partition coefficient (Wildman–Crippen LogP) is 3.20. The summed E-state index contributed by atoms with van der Waals surface area (Å²) in [6.45, 7) is 1.59. The second-order valence-corrected chi connectivity index (χ2v) is 7.00. The molecule has 2 rings (SSSR count). The van der Waals surface area contributed by atoms with Crippen LogP contribution in [0.25, 0.3) is 0 Å². The Morgan fingerprint density at radius 3 is 2.67 bits per heavy atom. The summed E-state index contributed by atoms with van der Waals surface area (Å²) < 4.78 is 10.4. The normalized spacial score (nSPS) is 26.5.